The van der Waals surface area contributed by atoms with Crippen LogP contribution in [0.2, 0.25) is 10.0 Å². The van der Waals surface area contributed by atoms with Crippen LogP contribution in [0.3, 0.4) is 0 Å². The molecule has 2 N–H and O–H groups in total. The third-order valence-corrected chi connectivity index (χ3v) is 4.02. The first-order valence-electron chi connectivity index (χ1n) is 5.46. The molecule has 0 saturated heterocycles. The molecule has 0 saturated carbocycles. The number of para-hydroxylation sites is 1. The average Bonchev–Trinajstić information content (AvgIpc) is 2.70. The number of nitrogen functional groups attached to an aromatic ring is 1. The highest BCUT2D eigenvalue weighted by atomic mass is 79.9. The van der Waals surface area contributed by atoms with Crippen molar-refractivity contribution in [1.29, 1.82) is 0 Å². The molecule has 0 atom stereocenters. The summed E-state index contributed by atoms with van der Waals surface area (Å²) in [4.78, 5) is 4.30. The maximum Gasteiger partial charge on any atom is 0.206 e. The Bertz CT molecular complexity index is 783. The van der Waals surface area contributed by atoms with Gasteiger partial charge in [0.25, 0.3) is 0 Å². The van der Waals surface area contributed by atoms with E-state index < -0.39 is 0 Å². The van der Waals surface area contributed by atoms with Gasteiger partial charge in [0.15, 0.2) is 0 Å². The zero-order valence-electron chi connectivity index (χ0n) is 9.57. The molecule has 0 amide bonds. The van der Waals surface area contributed by atoms with E-state index in [1.54, 1.807) is 12.1 Å². The number of hydrogen-bond donors (Lipinski definition) is 1. The molecule has 6 heteroatoms. The molecule has 1 aromatic heterocycles. The SMILES string of the molecule is Nc1nc2c(Cl)cccc2n1-c1cc(Cl)ccc1Br. The molecule has 3 nitrogen and oxygen atoms in total. The van der Waals surface area contributed by atoms with Gasteiger partial charge in [-0.05, 0) is 46.3 Å². The summed E-state index contributed by atoms with van der Waals surface area (Å²) in [6.45, 7) is 0. The lowest BCUT2D eigenvalue weighted by atomic mass is 10.3. The number of anilines is 1. The van der Waals surface area contributed by atoms with Gasteiger partial charge < -0.3 is 5.73 Å². The first kappa shape index (κ1) is 12.8. The van der Waals surface area contributed by atoms with Crippen molar-refractivity contribution in [2.45, 2.75) is 0 Å². The van der Waals surface area contributed by atoms with Crippen LogP contribution in [0.15, 0.2) is 40.9 Å². The number of nitrogens with two attached hydrogens (primary N) is 1. The van der Waals surface area contributed by atoms with Crippen LogP contribution < -0.4 is 5.73 Å². The average molecular weight is 357 g/mol. The molecular formula is C13H8BrCl2N3. The molecule has 0 aliphatic carbocycles. The first-order valence-corrected chi connectivity index (χ1v) is 7.00. The Morgan fingerprint density at radius 2 is 1.95 bits per heavy atom. The second kappa shape index (κ2) is 4.71. The van der Waals surface area contributed by atoms with Crippen molar-refractivity contribution < 1.29 is 0 Å². The lowest BCUT2D eigenvalue weighted by molar-refractivity contribution is 1.10. The van der Waals surface area contributed by atoms with Crippen LogP contribution in [-0.4, -0.2) is 9.55 Å². The summed E-state index contributed by atoms with van der Waals surface area (Å²) in [7, 11) is 0. The first-order chi connectivity index (χ1) is 9.08. The Labute approximate surface area is 128 Å². The molecule has 0 bridgehead atoms. The minimum Gasteiger partial charge on any atom is -0.369 e. The summed E-state index contributed by atoms with van der Waals surface area (Å²) < 4.78 is 2.69. The Balaban J connectivity index is 2.39. The van der Waals surface area contributed by atoms with E-state index in [0.29, 0.717) is 21.5 Å². The monoisotopic (exact) mass is 355 g/mol. The van der Waals surface area contributed by atoms with Crippen molar-refractivity contribution in [2.75, 3.05) is 5.73 Å². The zero-order chi connectivity index (χ0) is 13.6. The van der Waals surface area contributed by atoms with E-state index in [0.717, 1.165) is 15.7 Å². The van der Waals surface area contributed by atoms with Crippen LogP contribution in [0.1, 0.15) is 0 Å². The molecule has 0 radical (unpaired) electrons. The summed E-state index contributed by atoms with van der Waals surface area (Å²) in [6, 6.07) is 11.1. The Hall–Kier alpha value is -1.23. The van der Waals surface area contributed by atoms with E-state index in [-0.39, 0.29) is 0 Å². The smallest absolute Gasteiger partial charge is 0.206 e. The molecule has 0 spiro atoms. The van der Waals surface area contributed by atoms with Crippen molar-refractivity contribution in [3.05, 3.63) is 50.9 Å². The van der Waals surface area contributed by atoms with Gasteiger partial charge in [0.1, 0.15) is 5.52 Å². The fourth-order valence-electron chi connectivity index (χ4n) is 1.99. The highest BCUT2D eigenvalue weighted by Gasteiger charge is 2.14. The molecular weight excluding hydrogens is 349 g/mol. The van der Waals surface area contributed by atoms with Crippen molar-refractivity contribution in [2.24, 2.45) is 0 Å². The number of rotatable bonds is 1. The maximum absolute atomic E-state index is 6.13. The van der Waals surface area contributed by atoms with Crippen molar-refractivity contribution in [1.82, 2.24) is 9.55 Å². The van der Waals surface area contributed by atoms with Gasteiger partial charge in [-0.15, -0.1) is 0 Å². The molecule has 0 aliphatic heterocycles. The molecule has 0 aliphatic rings. The summed E-state index contributed by atoms with van der Waals surface area (Å²) in [5, 5.41) is 1.20. The van der Waals surface area contributed by atoms with E-state index in [4.69, 9.17) is 28.9 Å². The lowest BCUT2D eigenvalue weighted by Gasteiger charge is -2.09. The zero-order valence-corrected chi connectivity index (χ0v) is 12.7. The van der Waals surface area contributed by atoms with Crippen LogP contribution in [0.4, 0.5) is 5.95 Å². The number of nitrogens with zero attached hydrogens (tertiary/aromatic N) is 2. The second-order valence-electron chi connectivity index (χ2n) is 4.01. The fourth-order valence-corrected chi connectivity index (χ4v) is 2.80. The van der Waals surface area contributed by atoms with Gasteiger partial charge in [-0.25, -0.2) is 4.98 Å². The van der Waals surface area contributed by atoms with Gasteiger partial charge in [-0.1, -0.05) is 29.3 Å². The molecule has 1 heterocycles. The number of fused-ring (bicyclic) bond motifs is 1. The molecule has 96 valence electrons. The lowest BCUT2D eigenvalue weighted by Crippen LogP contribution is -2.01. The predicted octanol–water partition coefficient (Wildman–Crippen LogP) is 4.68. The predicted molar refractivity (Wildman–Crippen MR) is 83.2 cm³/mol. The van der Waals surface area contributed by atoms with E-state index in [1.807, 2.05) is 28.8 Å². The molecule has 3 aromatic rings. The minimum absolute atomic E-state index is 0.367. The summed E-state index contributed by atoms with van der Waals surface area (Å²) in [5.74, 6) is 0.367. The number of imidazole rings is 1. The van der Waals surface area contributed by atoms with Crippen LogP contribution >= 0.6 is 39.1 Å². The van der Waals surface area contributed by atoms with Gasteiger partial charge >= 0.3 is 0 Å². The fraction of sp³-hybridized carbons (Fsp3) is 0. The van der Waals surface area contributed by atoms with Crippen LogP contribution in [-0.2, 0) is 0 Å². The third kappa shape index (κ3) is 2.10. The maximum atomic E-state index is 6.13. The highest BCUT2D eigenvalue weighted by molar-refractivity contribution is 9.10. The van der Waals surface area contributed by atoms with Crippen LogP contribution in [0.5, 0.6) is 0 Å². The highest BCUT2D eigenvalue weighted by Crippen LogP contribution is 2.32. The number of benzene rings is 2. The van der Waals surface area contributed by atoms with Crippen LogP contribution in [0.25, 0.3) is 16.7 Å². The molecule has 3 rings (SSSR count). The number of hydrogen-bond acceptors (Lipinski definition) is 2. The normalized spacial score (nSPS) is 11.1. The van der Waals surface area contributed by atoms with Gasteiger partial charge in [0.2, 0.25) is 5.95 Å². The van der Waals surface area contributed by atoms with E-state index in [1.165, 1.54) is 0 Å². The Kier molecular flexibility index (Phi) is 3.17. The molecule has 0 fully saturated rings. The van der Waals surface area contributed by atoms with Crippen LogP contribution in [0, 0.1) is 0 Å². The minimum atomic E-state index is 0.367. The largest absolute Gasteiger partial charge is 0.369 e. The molecule has 19 heavy (non-hydrogen) atoms. The van der Waals surface area contributed by atoms with Gasteiger partial charge in [0.05, 0.1) is 16.2 Å². The Morgan fingerprint density at radius 3 is 2.74 bits per heavy atom. The summed E-state index contributed by atoms with van der Waals surface area (Å²) >= 11 is 15.7. The standard InChI is InChI=1S/C13H8BrCl2N3/c14-8-5-4-7(15)6-11(8)19-10-3-1-2-9(16)12(10)18-13(19)17/h1-6H,(H2,17,18). The summed E-state index contributed by atoms with van der Waals surface area (Å²) in [6.07, 6.45) is 0. The van der Waals surface area contributed by atoms with Crippen molar-refractivity contribution in [3.8, 4) is 5.69 Å². The van der Waals surface area contributed by atoms with Gasteiger partial charge in [0, 0.05) is 9.50 Å². The van der Waals surface area contributed by atoms with Crippen molar-refractivity contribution >= 4 is 56.1 Å². The van der Waals surface area contributed by atoms with E-state index in [2.05, 4.69) is 20.9 Å². The second-order valence-corrected chi connectivity index (χ2v) is 5.71. The third-order valence-electron chi connectivity index (χ3n) is 2.81. The Morgan fingerprint density at radius 1 is 1.16 bits per heavy atom. The van der Waals surface area contributed by atoms with E-state index >= 15 is 0 Å². The summed E-state index contributed by atoms with van der Waals surface area (Å²) in [5.41, 5.74) is 8.35. The van der Waals surface area contributed by atoms with Gasteiger partial charge in [-0.2, -0.15) is 0 Å². The van der Waals surface area contributed by atoms with Gasteiger partial charge in [-0.3, -0.25) is 4.57 Å². The number of halogens is 3. The quantitative estimate of drug-likeness (QED) is 0.688. The van der Waals surface area contributed by atoms with Crippen molar-refractivity contribution in [3.63, 3.8) is 0 Å². The number of aromatic nitrogens is 2. The van der Waals surface area contributed by atoms with E-state index in [9.17, 15) is 0 Å². The molecule has 2 aromatic carbocycles. The molecule has 0 unspecified atom stereocenters. The topological polar surface area (TPSA) is 43.8 Å².